The van der Waals surface area contributed by atoms with Gasteiger partial charge in [0.05, 0.1) is 25.5 Å². The molecule has 1 aliphatic heterocycles. The summed E-state index contributed by atoms with van der Waals surface area (Å²) in [7, 11) is 3.01. The molecule has 1 N–H and O–H groups in total. The highest BCUT2D eigenvalue weighted by molar-refractivity contribution is 6.32. The monoisotopic (exact) mass is 420 g/mol. The molecule has 0 spiro atoms. The predicted molar refractivity (Wildman–Crippen MR) is 109 cm³/mol. The van der Waals surface area contributed by atoms with E-state index in [9.17, 15) is 4.79 Å². The van der Waals surface area contributed by atoms with E-state index in [1.54, 1.807) is 37.3 Å². The molecule has 0 saturated carbocycles. The highest BCUT2D eigenvalue weighted by Gasteiger charge is 2.17. The van der Waals surface area contributed by atoms with Gasteiger partial charge < -0.3 is 29.1 Å². The Morgan fingerprint density at radius 3 is 2.66 bits per heavy atom. The van der Waals surface area contributed by atoms with Crippen LogP contribution in [-0.4, -0.2) is 45.7 Å². The largest absolute Gasteiger partial charge is 0.493 e. The summed E-state index contributed by atoms with van der Waals surface area (Å²) in [6.45, 7) is 2.57. The van der Waals surface area contributed by atoms with Crippen molar-refractivity contribution in [2.45, 2.75) is 13.0 Å². The number of hydrogen-bond acceptors (Lipinski definition) is 7. The summed E-state index contributed by atoms with van der Waals surface area (Å²) in [5, 5.41) is 6.99. The van der Waals surface area contributed by atoms with Crippen LogP contribution in [0.1, 0.15) is 12.5 Å². The van der Waals surface area contributed by atoms with Crippen LogP contribution >= 0.6 is 11.6 Å². The molecule has 0 saturated heterocycles. The van der Waals surface area contributed by atoms with E-state index in [1.165, 1.54) is 20.4 Å². The summed E-state index contributed by atoms with van der Waals surface area (Å²) in [5.41, 5.74) is 1.21. The van der Waals surface area contributed by atoms with Crippen LogP contribution in [-0.2, 0) is 9.63 Å². The van der Waals surface area contributed by atoms with Gasteiger partial charge in [-0.2, -0.15) is 0 Å². The number of ether oxygens (including phenoxy) is 4. The molecule has 8 nitrogen and oxygen atoms in total. The Hall–Kier alpha value is -3.13. The van der Waals surface area contributed by atoms with Gasteiger partial charge in [-0.3, -0.25) is 4.79 Å². The van der Waals surface area contributed by atoms with Crippen LogP contribution in [0.4, 0.5) is 5.69 Å². The van der Waals surface area contributed by atoms with Gasteiger partial charge in [0.25, 0.3) is 5.91 Å². The van der Waals surface area contributed by atoms with E-state index in [1.807, 2.05) is 0 Å². The molecule has 9 heteroatoms. The van der Waals surface area contributed by atoms with Crippen molar-refractivity contribution in [2.75, 3.05) is 32.8 Å². The molecular formula is C20H21ClN2O6. The summed E-state index contributed by atoms with van der Waals surface area (Å²) in [5.74, 6) is 1.78. The number of rotatable bonds is 7. The normalized spacial score (nSPS) is 13.7. The number of nitrogens with one attached hydrogen (secondary N) is 1. The van der Waals surface area contributed by atoms with Crippen molar-refractivity contribution in [3.05, 3.63) is 40.9 Å². The topological polar surface area (TPSA) is 87.6 Å². The van der Waals surface area contributed by atoms with Crippen molar-refractivity contribution in [1.29, 1.82) is 0 Å². The standard InChI is InChI=1S/C20H21ClN2O6/c1-12(20(24)23-14-4-5-16-17(10-14)28-7-6-27-16)29-22-11-13-8-15(21)19(26-3)18(9-13)25-2/h4-5,8-12H,6-7H2,1-3H3,(H,23,24)/b22-11-/t12-/m0/s1. The van der Waals surface area contributed by atoms with Gasteiger partial charge in [0.2, 0.25) is 6.10 Å². The smallest absolute Gasteiger partial charge is 0.267 e. The zero-order valence-corrected chi connectivity index (χ0v) is 17.0. The van der Waals surface area contributed by atoms with Crippen molar-refractivity contribution >= 4 is 29.4 Å². The number of anilines is 1. The summed E-state index contributed by atoms with van der Waals surface area (Å²) in [6, 6.07) is 8.52. The summed E-state index contributed by atoms with van der Waals surface area (Å²) < 4.78 is 21.4. The van der Waals surface area contributed by atoms with E-state index < -0.39 is 6.10 Å². The second-order valence-electron chi connectivity index (χ2n) is 6.07. The average molecular weight is 421 g/mol. The first-order valence-electron chi connectivity index (χ1n) is 8.83. The number of hydrogen-bond donors (Lipinski definition) is 1. The summed E-state index contributed by atoms with van der Waals surface area (Å²) >= 11 is 6.16. The van der Waals surface area contributed by atoms with Crippen LogP contribution in [0.3, 0.4) is 0 Å². The number of benzene rings is 2. The molecule has 1 amide bonds. The Morgan fingerprint density at radius 1 is 1.17 bits per heavy atom. The van der Waals surface area contributed by atoms with Crippen LogP contribution in [0, 0.1) is 0 Å². The molecule has 2 aromatic carbocycles. The van der Waals surface area contributed by atoms with Crippen molar-refractivity contribution < 1.29 is 28.6 Å². The van der Waals surface area contributed by atoms with E-state index in [2.05, 4.69) is 10.5 Å². The highest BCUT2D eigenvalue weighted by Crippen LogP contribution is 2.35. The third-order valence-corrected chi connectivity index (χ3v) is 4.34. The fourth-order valence-electron chi connectivity index (χ4n) is 2.61. The van der Waals surface area contributed by atoms with Crippen molar-refractivity contribution in [2.24, 2.45) is 5.16 Å². The lowest BCUT2D eigenvalue weighted by molar-refractivity contribution is -0.126. The molecule has 0 aromatic heterocycles. The van der Waals surface area contributed by atoms with Gasteiger partial charge in [-0.25, -0.2) is 0 Å². The van der Waals surface area contributed by atoms with Crippen LogP contribution in [0.15, 0.2) is 35.5 Å². The Bertz CT molecular complexity index is 918. The summed E-state index contributed by atoms with van der Waals surface area (Å²) in [4.78, 5) is 17.6. The Labute approximate surface area is 173 Å². The van der Waals surface area contributed by atoms with E-state index in [0.29, 0.717) is 52.5 Å². The van der Waals surface area contributed by atoms with Gasteiger partial charge >= 0.3 is 0 Å². The Balaban J connectivity index is 1.59. The lowest BCUT2D eigenvalue weighted by atomic mass is 10.2. The third-order valence-electron chi connectivity index (χ3n) is 4.06. The number of carbonyl (C=O) groups is 1. The van der Waals surface area contributed by atoms with Gasteiger partial charge in [0.15, 0.2) is 23.0 Å². The first kappa shape index (κ1) is 20.6. The lowest BCUT2D eigenvalue weighted by Crippen LogP contribution is -2.26. The molecule has 0 bridgehead atoms. The van der Waals surface area contributed by atoms with Crippen molar-refractivity contribution in [3.63, 3.8) is 0 Å². The number of amides is 1. The zero-order valence-electron chi connectivity index (χ0n) is 16.2. The molecule has 3 rings (SSSR count). The first-order chi connectivity index (χ1) is 14.0. The number of fused-ring (bicyclic) bond motifs is 1. The molecule has 0 fully saturated rings. The molecule has 1 atom stereocenters. The second-order valence-corrected chi connectivity index (χ2v) is 6.48. The minimum Gasteiger partial charge on any atom is -0.493 e. The maximum atomic E-state index is 12.3. The maximum Gasteiger partial charge on any atom is 0.267 e. The van der Waals surface area contributed by atoms with E-state index in [-0.39, 0.29) is 5.91 Å². The number of oxime groups is 1. The zero-order chi connectivity index (χ0) is 20.8. The number of halogens is 1. The molecule has 0 unspecified atom stereocenters. The molecule has 0 aliphatic carbocycles. The minimum absolute atomic E-state index is 0.357. The van der Waals surface area contributed by atoms with Crippen molar-refractivity contribution in [3.8, 4) is 23.0 Å². The van der Waals surface area contributed by atoms with Crippen LogP contribution in [0.25, 0.3) is 0 Å². The van der Waals surface area contributed by atoms with Gasteiger partial charge in [0.1, 0.15) is 13.2 Å². The molecular weight excluding hydrogens is 400 g/mol. The van der Waals surface area contributed by atoms with Crippen LogP contribution < -0.4 is 24.3 Å². The first-order valence-corrected chi connectivity index (χ1v) is 9.21. The number of carbonyl (C=O) groups excluding carboxylic acids is 1. The second kappa shape index (κ2) is 9.38. The fraction of sp³-hybridized carbons (Fsp3) is 0.300. The van der Waals surface area contributed by atoms with E-state index in [0.717, 1.165) is 0 Å². The SMILES string of the molecule is COc1cc(/C=N\O[C@@H](C)C(=O)Nc2ccc3c(c2)OCCO3)cc(Cl)c1OC. The van der Waals surface area contributed by atoms with Crippen molar-refractivity contribution in [1.82, 2.24) is 0 Å². The van der Waals surface area contributed by atoms with Crippen LogP contribution in [0.2, 0.25) is 5.02 Å². The lowest BCUT2D eigenvalue weighted by Gasteiger charge is -2.19. The Kier molecular flexibility index (Phi) is 6.66. The van der Waals surface area contributed by atoms with E-state index >= 15 is 0 Å². The maximum absolute atomic E-state index is 12.3. The van der Waals surface area contributed by atoms with Gasteiger partial charge in [-0.05, 0) is 31.2 Å². The minimum atomic E-state index is -0.824. The van der Waals surface area contributed by atoms with Gasteiger partial charge in [-0.15, -0.1) is 0 Å². The Morgan fingerprint density at radius 2 is 1.93 bits per heavy atom. The van der Waals surface area contributed by atoms with Gasteiger partial charge in [0, 0.05) is 17.3 Å². The fourth-order valence-corrected chi connectivity index (χ4v) is 2.90. The number of methoxy groups -OCH3 is 2. The molecule has 1 heterocycles. The van der Waals surface area contributed by atoms with Gasteiger partial charge in [-0.1, -0.05) is 16.8 Å². The average Bonchev–Trinajstić information content (AvgIpc) is 2.73. The summed E-state index contributed by atoms with van der Waals surface area (Å²) in [6.07, 6.45) is 0.608. The quantitative estimate of drug-likeness (QED) is 0.544. The number of nitrogens with zero attached hydrogens (tertiary/aromatic N) is 1. The molecule has 1 aliphatic rings. The highest BCUT2D eigenvalue weighted by atomic mass is 35.5. The molecule has 29 heavy (non-hydrogen) atoms. The predicted octanol–water partition coefficient (Wildman–Crippen LogP) is 3.51. The molecule has 0 radical (unpaired) electrons. The third kappa shape index (κ3) is 5.03. The van der Waals surface area contributed by atoms with E-state index in [4.69, 9.17) is 35.4 Å². The molecule has 2 aromatic rings. The molecule has 154 valence electrons. The van der Waals surface area contributed by atoms with Crippen LogP contribution in [0.5, 0.6) is 23.0 Å².